The second-order valence-corrected chi connectivity index (χ2v) is 6.15. The van der Waals surface area contributed by atoms with Crippen molar-refractivity contribution in [2.24, 2.45) is 0 Å². The van der Waals surface area contributed by atoms with Crippen LogP contribution in [-0.4, -0.2) is 32.4 Å². The largest absolute Gasteiger partial charge is 0.493 e. The van der Waals surface area contributed by atoms with E-state index in [2.05, 4.69) is 0 Å². The van der Waals surface area contributed by atoms with Gasteiger partial charge in [-0.15, -0.1) is 0 Å². The number of rotatable bonds is 10. The Morgan fingerprint density at radius 1 is 0.964 bits per heavy atom. The van der Waals surface area contributed by atoms with Crippen LogP contribution in [0.4, 0.5) is 11.4 Å². The van der Waals surface area contributed by atoms with Gasteiger partial charge in [0.05, 0.1) is 38.4 Å². The molecule has 0 aliphatic heterocycles. The molecule has 152 valence electrons. The third kappa shape index (κ3) is 4.97. The zero-order chi connectivity index (χ0) is 20.7. The molecule has 0 fully saturated rings. The number of nitrogens with zero attached hydrogens (tertiary/aromatic N) is 1. The van der Waals surface area contributed by atoms with Crippen LogP contribution in [-0.2, 0) is 6.42 Å². The molecule has 0 bridgehead atoms. The molecular weight excluding hydrogens is 364 g/mol. The lowest BCUT2D eigenvalue weighted by molar-refractivity contribution is -0.385. The van der Waals surface area contributed by atoms with Gasteiger partial charge in [-0.1, -0.05) is 6.92 Å². The van der Waals surface area contributed by atoms with Crippen LogP contribution in [0, 0.1) is 17.0 Å². The van der Waals surface area contributed by atoms with Gasteiger partial charge in [0.25, 0.3) is 5.69 Å². The molecule has 0 atom stereocenters. The molecule has 0 unspecified atom stereocenters. The first-order valence-corrected chi connectivity index (χ1v) is 8.96. The van der Waals surface area contributed by atoms with Gasteiger partial charge >= 0.3 is 0 Å². The summed E-state index contributed by atoms with van der Waals surface area (Å²) in [6.07, 6.45) is 1.37. The number of benzene rings is 2. The van der Waals surface area contributed by atoms with Crippen LogP contribution < -0.4 is 24.7 Å². The monoisotopic (exact) mass is 390 g/mol. The highest BCUT2D eigenvalue weighted by atomic mass is 16.6. The van der Waals surface area contributed by atoms with Gasteiger partial charge in [0.15, 0.2) is 23.0 Å². The summed E-state index contributed by atoms with van der Waals surface area (Å²) in [7, 11) is 3.07. The fourth-order valence-corrected chi connectivity index (χ4v) is 2.74. The summed E-state index contributed by atoms with van der Waals surface area (Å²) in [6.45, 7) is 4.35. The van der Waals surface area contributed by atoms with E-state index < -0.39 is 4.92 Å². The standard InChI is InChI=1S/C20H26N2O6/c1-5-14-10-18(26-4)19(11-15(14)21)27-7-6-8-28-20-12-16(22(23)24)13(2)9-17(20)25-3/h9-12H,5-8,21H2,1-4H3. The Labute approximate surface area is 164 Å². The highest BCUT2D eigenvalue weighted by molar-refractivity contribution is 5.58. The minimum absolute atomic E-state index is 0.0109. The predicted molar refractivity (Wildman–Crippen MR) is 107 cm³/mol. The average Bonchev–Trinajstić information content (AvgIpc) is 2.68. The fraction of sp³-hybridized carbons (Fsp3) is 0.400. The van der Waals surface area contributed by atoms with E-state index in [1.165, 1.54) is 13.2 Å². The first-order chi connectivity index (χ1) is 13.4. The molecule has 2 N–H and O–H groups in total. The maximum atomic E-state index is 11.1. The predicted octanol–water partition coefficient (Wildman–Crippen LogP) is 3.91. The molecule has 0 aliphatic rings. The van der Waals surface area contributed by atoms with E-state index in [0.717, 1.165) is 12.0 Å². The van der Waals surface area contributed by atoms with Crippen LogP contribution in [0.1, 0.15) is 24.5 Å². The minimum Gasteiger partial charge on any atom is -0.493 e. The van der Waals surface area contributed by atoms with Gasteiger partial charge in [-0.05, 0) is 31.0 Å². The van der Waals surface area contributed by atoms with E-state index in [4.69, 9.17) is 24.7 Å². The molecule has 0 aromatic heterocycles. The smallest absolute Gasteiger partial charge is 0.276 e. The van der Waals surface area contributed by atoms with Gasteiger partial charge in [-0.25, -0.2) is 0 Å². The van der Waals surface area contributed by atoms with Crippen molar-refractivity contribution in [2.45, 2.75) is 26.7 Å². The molecule has 2 rings (SSSR count). The average molecular weight is 390 g/mol. The van der Waals surface area contributed by atoms with E-state index in [-0.39, 0.29) is 5.69 Å². The molecule has 2 aromatic rings. The number of nitrogen functional groups attached to an aromatic ring is 1. The van der Waals surface area contributed by atoms with Crippen LogP contribution >= 0.6 is 0 Å². The summed E-state index contributed by atoms with van der Waals surface area (Å²) in [5.41, 5.74) is 8.18. The normalized spacial score (nSPS) is 10.4. The van der Waals surface area contributed by atoms with Crippen LogP contribution in [0.3, 0.4) is 0 Å². The topological polar surface area (TPSA) is 106 Å². The van der Waals surface area contributed by atoms with Crippen molar-refractivity contribution in [3.05, 3.63) is 45.5 Å². The number of nitro benzene ring substituents is 1. The molecule has 0 saturated carbocycles. The van der Waals surface area contributed by atoms with E-state index in [1.54, 1.807) is 26.2 Å². The second-order valence-electron chi connectivity index (χ2n) is 6.15. The maximum Gasteiger partial charge on any atom is 0.276 e. The van der Waals surface area contributed by atoms with E-state index in [9.17, 15) is 10.1 Å². The highest BCUT2D eigenvalue weighted by Gasteiger charge is 2.17. The van der Waals surface area contributed by atoms with Crippen LogP contribution in [0.5, 0.6) is 23.0 Å². The zero-order valence-electron chi connectivity index (χ0n) is 16.6. The lowest BCUT2D eigenvalue weighted by Gasteiger charge is -2.14. The van der Waals surface area contributed by atoms with E-state index >= 15 is 0 Å². The Kier molecular flexibility index (Phi) is 7.31. The molecule has 8 nitrogen and oxygen atoms in total. The molecule has 0 saturated heterocycles. The number of hydrogen-bond donors (Lipinski definition) is 1. The van der Waals surface area contributed by atoms with Crippen molar-refractivity contribution in [1.29, 1.82) is 0 Å². The zero-order valence-corrected chi connectivity index (χ0v) is 16.6. The van der Waals surface area contributed by atoms with Crippen LogP contribution in [0.15, 0.2) is 24.3 Å². The SMILES string of the molecule is CCc1cc(OC)c(OCCCOc2cc([N+](=O)[O-])c(C)cc2OC)cc1N. The maximum absolute atomic E-state index is 11.1. The van der Waals surface area contributed by atoms with Crippen molar-refractivity contribution >= 4 is 11.4 Å². The van der Waals surface area contributed by atoms with Gasteiger partial charge in [0, 0.05) is 23.7 Å². The molecule has 0 radical (unpaired) electrons. The first-order valence-electron chi connectivity index (χ1n) is 8.96. The number of ether oxygens (including phenoxy) is 4. The number of anilines is 1. The lowest BCUT2D eigenvalue weighted by atomic mass is 10.1. The molecule has 0 amide bonds. The summed E-state index contributed by atoms with van der Waals surface area (Å²) in [6, 6.07) is 6.59. The van der Waals surface area contributed by atoms with E-state index in [1.807, 2.05) is 13.0 Å². The minimum atomic E-state index is -0.443. The Hall–Kier alpha value is -3.16. The molecule has 0 spiro atoms. The van der Waals surface area contributed by atoms with Crippen LogP contribution in [0.25, 0.3) is 0 Å². The van der Waals surface area contributed by atoms with Gasteiger partial charge in [0.2, 0.25) is 0 Å². The highest BCUT2D eigenvalue weighted by Crippen LogP contribution is 2.35. The van der Waals surface area contributed by atoms with Crippen LogP contribution in [0.2, 0.25) is 0 Å². The van der Waals surface area contributed by atoms with Gasteiger partial charge in [-0.2, -0.15) is 0 Å². The Balaban J connectivity index is 1.96. The number of nitrogens with two attached hydrogens (primary N) is 1. The molecule has 28 heavy (non-hydrogen) atoms. The van der Waals surface area contributed by atoms with Crippen molar-refractivity contribution in [2.75, 3.05) is 33.2 Å². The lowest BCUT2D eigenvalue weighted by Crippen LogP contribution is -2.07. The number of hydrogen-bond acceptors (Lipinski definition) is 7. The summed E-state index contributed by atoms with van der Waals surface area (Å²) in [5.74, 6) is 1.98. The second kappa shape index (κ2) is 9.68. The summed E-state index contributed by atoms with van der Waals surface area (Å²) >= 11 is 0. The Morgan fingerprint density at radius 3 is 2.07 bits per heavy atom. The molecule has 8 heteroatoms. The summed E-state index contributed by atoms with van der Waals surface area (Å²) in [5, 5.41) is 11.1. The quantitative estimate of drug-likeness (QED) is 0.284. The molecule has 2 aromatic carbocycles. The molecule has 0 heterocycles. The van der Waals surface area contributed by atoms with Gasteiger partial charge < -0.3 is 24.7 Å². The first kappa shape index (κ1) is 21.1. The van der Waals surface area contributed by atoms with Crippen molar-refractivity contribution in [3.8, 4) is 23.0 Å². The molecular formula is C20H26N2O6. The number of nitro groups is 1. The molecule has 0 aliphatic carbocycles. The van der Waals surface area contributed by atoms with Crippen molar-refractivity contribution in [1.82, 2.24) is 0 Å². The summed E-state index contributed by atoms with van der Waals surface area (Å²) in [4.78, 5) is 10.7. The van der Waals surface area contributed by atoms with E-state index in [0.29, 0.717) is 53.9 Å². The number of methoxy groups -OCH3 is 2. The number of aryl methyl sites for hydroxylation is 2. The van der Waals surface area contributed by atoms with Gasteiger partial charge in [-0.3, -0.25) is 10.1 Å². The Morgan fingerprint density at radius 2 is 1.54 bits per heavy atom. The summed E-state index contributed by atoms with van der Waals surface area (Å²) < 4.78 is 22.0. The third-order valence-corrected chi connectivity index (χ3v) is 4.29. The fourth-order valence-electron chi connectivity index (χ4n) is 2.74. The Bertz CT molecular complexity index is 838. The van der Waals surface area contributed by atoms with Gasteiger partial charge in [0.1, 0.15) is 0 Å². The third-order valence-electron chi connectivity index (χ3n) is 4.29. The van der Waals surface area contributed by atoms with Crippen molar-refractivity contribution < 1.29 is 23.9 Å². The van der Waals surface area contributed by atoms with Crippen molar-refractivity contribution in [3.63, 3.8) is 0 Å².